The fraction of sp³-hybridized carbons (Fsp3) is 0.222. The van der Waals surface area contributed by atoms with Gasteiger partial charge in [-0.2, -0.15) is 0 Å². The Hall–Kier alpha value is -2.02. The van der Waals surface area contributed by atoms with Crippen LogP contribution in [0.3, 0.4) is 0 Å². The summed E-state index contributed by atoms with van der Waals surface area (Å²) in [6.45, 7) is 4.53. The van der Waals surface area contributed by atoms with E-state index in [1.807, 2.05) is 0 Å². The van der Waals surface area contributed by atoms with Crippen molar-refractivity contribution in [1.82, 2.24) is 0 Å². The highest BCUT2D eigenvalue weighted by Gasteiger charge is 2.33. The zero-order valence-corrected chi connectivity index (χ0v) is 11.4. The Morgan fingerprint density at radius 3 is 2.53 bits per heavy atom. The number of hydrogen-bond acceptors (Lipinski definition) is 1. The SMILES string of the molecule is Cc1cccc2c1N1C(=CC[C@@H]1C)c1ccccc1-2. The van der Waals surface area contributed by atoms with Crippen molar-refractivity contribution < 1.29 is 0 Å². The largest absolute Gasteiger partial charge is 0.337 e. The first-order chi connectivity index (χ1) is 9.27. The first-order valence-corrected chi connectivity index (χ1v) is 6.96. The van der Waals surface area contributed by atoms with E-state index in [4.69, 9.17) is 0 Å². The fourth-order valence-electron chi connectivity index (χ4n) is 3.44. The average Bonchev–Trinajstić information content (AvgIpc) is 2.82. The molecule has 94 valence electrons. The summed E-state index contributed by atoms with van der Waals surface area (Å²) in [4.78, 5) is 2.52. The van der Waals surface area contributed by atoms with Gasteiger partial charge in [0.25, 0.3) is 0 Å². The second-order valence-corrected chi connectivity index (χ2v) is 5.56. The fourth-order valence-corrected chi connectivity index (χ4v) is 3.44. The van der Waals surface area contributed by atoms with Crippen LogP contribution in [0.25, 0.3) is 16.8 Å². The van der Waals surface area contributed by atoms with E-state index >= 15 is 0 Å². The maximum absolute atomic E-state index is 2.52. The summed E-state index contributed by atoms with van der Waals surface area (Å²) in [5, 5.41) is 0. The van der Waals surface area contributed by atoms with Crippen molar-refractivity contribution in [1.29, 1.82) is 0 Å². The van der Waals surface area contributed by atoms with E-state index in [0.717, 1.165) is 6.42 Å². The summed E-state index contributed by atoms with van der Waals surface area (Å²) >= 11 is 0. The lowest BCUT2D eigenvalue weighted by Crippen LogP contribution is -2.30. The lowest BCUT2D eigenvalue weighted by atomic mass is 9.90. The van der Waals surface area contributed by atoms with E-state index in [-0.39, 0.29) is 0 Å². The smallest absolute Gasteiger partial charge is 0.0523 e. The molecule has 2 aliphatic heterocycles. The second kappa shape index (κ2) is 3.74. The average molecular weight is 247 g/mol. The van der Waals surface area contributed by atoms with Crippen LogP contribution in [0.4, 0.5) is 5.69 Å². The van der Waals surface area contributed by atoms with Gasteiger partial charge in [0.15, 0.2) is 0 Å². The van der Waals surface area contributed by atoms with Crippen molar-refractivity contribution in [3.8, 4) is 11.1 Å². The number of aryl methyl sites for hydroxylation is 1. The van der Waals surface area contributed by atoms with Gasteiger partial charge in [-0.1, -0.05) is 48.5 Å². The Labute approximate surface area is 114 Å². The van der Waals surface area contributed by atoms with Gasteiger partial charge in [0.1, 0.15) is 0 Å². The molecular formula is C18H17N. The number of fused-ring (bicyclic) bond motifs is 6. The van der Waals surface area contributed by atoms with Crippen LogP contribution in [0, 0.1) is 6.92 Å². The molecule has 0 saturated heterocycles. The summed E-state index contributed by atoms with van der Waals surface area (Å²) < 4.78 is 0. The Kier molecular flexibility index (Phi) is 2.14. The summed E-state index contributed by atoms with van der Waals surface area (Å²) in [6, 6.07) is 16.0. The molecule has 0 N–H and O–H groups in total. The summed E-state index contributed by atoms with van der Waals surface area (Å²) in [7, 11) is 0. The molecule has 1 atom stereocenters. The molecule has 19 heavy (non-hydrogen) atoms. The van der Waals surface area contributed by atoms with E-state index in [9.17, 15) is 0 Å². The van der Waals surface area contributed by atoms with Gasteiger partial charge in [0, 0.05) is 22.9 Å². The number of anilines is 1. The minimum absolute atomic E-state index is 0.559. The third-order valence-corrected chi connectivity index (χ3v) is 4.32. The van der Waals surface area contributed by atoms with Crippen molar-refractivity contribution in [2.75, 3.05) is 4.90 Å². The summed E-state index contributed by atoms with van der Waals surface area (Å²) in [5.41, 5.74) is 8.29. The highest BCUT2D eigenvalue weighted by molar-refractivity contribution is 6.01. The van der Waals surface area contributed by atoms with Gasteiger partial charge in [-0.05, 0) is 31.4 Å². The molecule has 4 rings (SSSR count). The number of para-hydroxylation sites is 1. The molecule has 0 aromatic heterocycles. The predicted molar refractivity (Wildman–Crippen MR) is 81.2 cm³/mol. The molecule has 2 heterocycles. The highest BCUT2D eigenvalue weighted by Crippen LogP contribution is 2.49. The first kappa shape index (κ1) is 10.9. The number of benzene rings is 2. The standard InChI is InChI=1S/C18H17N/c1-12-6-5-9-16-14-7-3-4-8-15(14)17-11-10-13(2)19(17)18(12)16/h3-9,11,13H,10H2,1-2H3/t13-/m0/s1. The molecule has 2 aromatic rings. The van der Waals surface area contributed by atoms with Crippen molar-refractivity contribution in [3.05, 3.63) is 59.7 Å². The van der Waals surface area contributed by atoms with E-state index < -0.39 is 0 Å². The molecular weight excluding hydrogens is 230 g/mol. The van der Waals surface area contributed by atoms with Gasteiger partial charge < -0.3 is 4.90 Å². The molecule has 2 aromatic carbocycles. The van der Waals surface area contributed by atoms with Crippen LogP contribution in [-0.4, -0.2) is 6.04 Å². The number of hydrogen-bond donors (Lipinski definition) is 0. The molecule has 1 heteroatoms. The van der Waals surface area contributed by atoms with Crippen LogP contribution >= 0.6 is 0 Å². The highest BCUT2D eigenvalue weighted by atomic mass is 15.2. The maximum Gasteiger partial charge on any atom is 0.0523 e. The lowest BCUT2D eigenvalue weighted by Gasteiger charge is -2.36. The Bertz CT molecular complexity index is 697. The second-order valence-electron chi connectivity index (χ2n) is 5.56. The first-order valence-electron chi connectivity index (χ1n) is 6.96. The molecule has 0 unspecified atom stereocenters. The molecule has 0 aliphatic carbocycles. The lowest BCUT2D eigenvalue weighted by molar-refractivity contribution is 0.762. The van der Waals surface area contributed by atoms with Crippen LogP contribution in [0.15, 0.2) is 48.5 Å². The predicted octanol–water partition coefficient (Wildman–Crippen LogP) is 4.62. The summed E-state index contributed by atoms with van der Waals surface area (Å²) in [6.07, 6.45) is 3.52. The third kappa shape index (κ3) is 1.36. The van der Waals surface area contributed by atoms with Crippen LogP contribution in [0.5, 0.6) is 0 Å². The van der Waals surface area contributed by atoms with Crippen LogP contribution in [0.2, 0.25) is 0 Å². The van der Waals surface area contributed by atoms with Gasteiger partial charge in [-0.3, -0.25) is 0 Å². The van der Waals surface area contributed by atoms with Gasteiger partial charge >= 0.3 is 0 Å². The normalized spacial score (nSPS) is 19.6. The Morgan fingerprint density at radius 1 is 0.947 bits per heavy atom. The minimum Gasteiger partial charge on any atom is -0.337 e. The molecule has 0 fully saturated rings. The molecule has 0 spiro atoms. The monoisotopic (exact) mass is 247 g/mol. The maximum atomic E-state index is 2.52. The van der Waals surface area contributed by atoms with E-state index in [1.54, 1.807) is 0 Å². The molecule has 0 saturated carbocycles. The molecule has 0 bridgehead atoms. The molecule has 0 radical (unpaired) electrons. The quantitative estimate of drug-likeness (QED) is 0.657. The van der Waals surface area contributed by atoms with Crippen molar-refractivity contribution in [2.45, 2.75) is 26.3 Å². The van der Waals surface area contributed by atoms with Gasteiger partial charge in [-0.25, -0.2) is 0 Å². The van der Waals surface area contributed by atoms with Gasteiger partial charge in [-0.15, -0.1) is 0 Å². The van der Waals surface area contributed by atoms with Crippen molar-refractivity contribution in [3.63, 3.8) is 0 Å². The minimum atomic E-state index is 0.559. The van der Waals surface area contributed by atoms with E-state index in [0.29, 0.717) is 6.04 Å². The van der Waals surface area contributed by atoms with Crippen molar-refractivity contribution >= 4 is 11.4 Å². The number of rotatable bonds is 0. The van der Waals surface area contributed by atoms with Crippen LogP contribution in [-0.2, 0) is 0 Å². The summed E-state index contributed by atoms with van der Waals surface area (Å²) in [5.74, 6) is 0. The topological polar surface area (TPSA) is 3.24 Å². The third-order valence-electron chi connectivity index (χ3n) is 4.32. The zero-order chi connectivity index (χ0) is 13.0. The molecule has 2 aliphatic rings. The molecule has 1 nitrogen and oxygen atoms in total. The van der Waals surface area contributed by atoms with Crippen LogP contribution < -0.4 is 4.90 Å². The Balaban J connectivity index is 2.11. The van der Waals surface area contributed by atoms with Gasteiger partial charge in [0.05, 0.1) is 5.69 Å². The van der Waals surface area contributed by atoms with E-state index in [1.165, 1.54) is 33.6 Å². The zero-order valence-electron chi connectivity index (χ0n) is 11.4. The molecule has 0 amide bonds. The number of nitrogens with zero attached hydrogens (tertiary/aromatic N) is 1. The van der Waals surface area contributed by atoms with Crippen molar-refractivity contribution in [2.24, 2.45) is 0 Å². The Morgan fingerprint density at radius 2 is 1.68 bits per heavy atom. The van der Waals surface area contributed by atoms with E-state index in [2.05, 4.69) is 67.3 Å². The van der Waals surface area contributed by atoms with Gasteiger partial charge in [0.2, 0.25) is 0 Å². The van der Waals surface area contributed by atoms with Crippen LogP contribution in [0.1, 0.15) is 24.5 Å².